The second-order valence-corrected chi connectivity index (χ2v) is 4.21. The predicted molar refractivity (Wildman–Crippen MR) is 75.8 cm³/mol. The first kappa shape index (κ1) is 13.4. The van der Waals surface area contributed by atoms with Gasteiger partial charge in [-0.2, -0.15) is 0 Å². The number of hydrogen-bond acceptors (Lipinski definition) is 3. The lowest BCUT2D eigenvalue weighted by molar-refractivity contribution is 0.132. The van der Waals surface area contributed by atoms with E-state index >= 15 is 0 Å². The van der Waals surface area contributed by atoms with Gasteiger partial charge in [-0.3, -0.25) is 0 Å². The van der Waals surface area contributed by atoms with E-state index in [1.165, 1.54) is 0 Å². The lowest BCUT2D eigenvalue weighted by atomic mass is 10.2. The van der Waals surface area contributed by atoms with Gasteiger partial charge in [0.15, 0.2) is 0 Å². The summed E-state index contributed by atoms with van der Waals surface area (Å²) in [6.45, 7) is 0.316. The monoisotopic (exact) mass is 274 g/mol. The SMILES string of the molecule is COc1cccc(/[C]=N\OCc2ccccc2Cl)c1. The highest BCUT2D eigenvalue weighted by atomic mass is 35.5. The first-order valence-corrected chi connectivity index (χ1v) is 6.13. The number of nitrogens with zero attached hydrogens (tertiary/aromatic N) is 1. The van der Waals surface area contributed by atoms with E-state index in [9.17, 15) is 0 Å². The third kappa shape index (κ3) is 4.00. The van der Waals surface area contributed by atoms with Gasteiger partial charge in [-0.15, -0.1) is 0 Å². The van der Waals surface area contributed by atoms with Gasteiger partial charge in [0.1, 0.15) is 18.6 Å². The Morgan fingerprint density at radius 1 is 1.16 bits per heavy atom. The fourth-order valence-electron chi connectivity index (χ4n) is 1.49. The molecule has 19 heavy (non-hydrogen) atoms. The smallest absolute Gasteiger partial charge is 0.143 e. The van der Waals surface area contributed by atoms with E-state index in [4.69, 9.17) is 21.2 Å². The van der Waals surface area contributed by atoms with Crippen molar-refractivity contribution >= 4 is 17.8 Å². The molecule has 0 bridgehead atoms. The Morgan fingerprint density at radius 2 is 2.00 bits per heavy atom. The maximum absolute atomic E-state index is 6.00. The normalized spacial score (nSPS) is 10.6. The average Bonchev–Trinajstić information content (AvgIpc) is 2.45. The van der Waals surface area contributed by atoms with Crippen LogP contribution in [0.5, 0.6) is 5.75 Å². The van der Waals surface area contributed by atoms with Crippen molar-refractivity contribution in [3.63, 3.8) is 0 Å². The van der Waals surface area contributed by atoms with Gasteiger partial charge in [0.05, 0.1) is 7.11 Å². The summed E-state index contributed by atoms with van der Waals surface area (Å²) in [5.41, 5.74) is 1.68. The van der Waals surface area contributed by atoms with E-state index in [1.807, 2.05) is 48.5 Å². The first-order chi connectivity index (χ1) is 9.29. The molecule has 0 aliphatic rings. The highest BCUT2D eigenvalue weighted by Gasteiger charge is 1.98. The molecule has 0 amide bonds. The Bertz CT molecular complexity index is 570. The molecule has 0 saturated heterocycles. The second kappa shape index (κ2) is 6.81. The molecule has 0 saturated carbocycles. The van der Waals surface area contributed by atoms with Crippen molar-refractivity contribution in [2.24, 2.45) is 5.16 Å². The van der Waals surface area contributed by atoms with Crippen LogP contribution in [0.25, 0.3) is 0 Å². The number of ether oxygens (including phenoxy) is 1. The van der Waals surface area contributed by atoms with Gasteiger partial charge in [0, 0.05) is 16.1 Å². The summed E-state index contributed by atoms with van der Waals surface area (Å²) >= 11 is 6.00. The molecule has 0 heterocycles. The Labute approximate surface area is 117 Å². The molecular weight excluding hydrogens is 262 g/mol. The number of halogens is 1. The van der Waals surface area contributed by atoms with Gasteiger partial charge in [0.25, 0.3) is 0 Å². The Morgan fingerprint density at radius 3 is 2.79 bits per heavy atom. The topological polar surface area (TPSA) is 30.8 Å². The highest BCUT2D eigenvalue weighted by molar-refractivity contribution is 6.31. The summed E-state index contributed by atoms with van der Waals surface area (Å²) in [6, 6.07) is 14.9. The van der Waals surface area contributed by atoms with Crippen LogP contribution in [-0.2, 0) is 11.4 Å². The van der Waals surface area contributed by atoms with Crippen LogP contribution >= 0.6 is 11.6 Å². The maximum atomic E-state index is 6.00. The first-order valence-electron chi connectivity index (χ1n) is 5.75. The van der Waals surface area contributed by atoms with E-state index in [1.54, 1.807) is 7.11 Å². The van der Waals surface area contributed by atoms with Crippen LogP contribution in [-0.4, -0.2) is 13.3 Å². The van der Waals surface area contributed by atoms with Crippen molar-refractivity contribution in [2.75, 3.05) is 7.11 Å². The molecular formula is C15H13ClNO2. The van der Waals surface area contributed by atoms with Crippen molar-refractivity contribution in [2.45, 2.75) is 6.61 Å². The van der Waals surface area contributed by atoms with Gasteiger partial charge in [-0.25, -0.2) is 0 Å². The fourth-order valence-corrected chi connectivity index (χ4v) is 1.69. The summed E-state index contributed by atoms with van der Waals surface area (Å²) in [4.78, 5) is 5.17. The van der Waals surface area contributed by atoms with Crippen molar-refractivity contribution in [1.82, 2.24) is 0 Å². The summed E-state index contributed by atoms with van der Waals surface area (Å²) < 4.78 is 5.11. The zero-order valence-electron chi connectivity index (χ0n) is 10.5. The summed E-state index contributed by atoms with van der Waals surface area (Å²) in [6.07, 6.45) is 2.79. The minimum absolute atomic E-state index is 0.316. The molecule has 3 nitrogen and oxygen atoms in total. The quantitative estimate of drug-likeness (QED) is 0.614. The molecule has 2 rings (SSSR count). The number of benzene rings is 2. The maximum Gasteiger partial charge on any atom is 0.143 e. The number of methoxy groups -OCH3 is 1. The zero-order chi connectivity index (χ0) is 13.5. The van der Waals surface area contributed by atoms with Crippen molar-refractivity contribution < 1.29 is 9.57 Å². The van der Waals surface area contributed by atoms with Crippen LogP contribution in [0.2, 0.25) is 5.02 Å². The van der Waals surface area contributed by atoms with Crippen LogP contribution in [0, 0.1) is 0 Å². The summed E-state index contributed by atoms with van der Waals surface area (Å²) in [5.74, 6) is 0.756. The molecule has 0 aromatic heterocycles. The van der Waals surface area contributed by atoms with E-state index in [2.05, 4.69) is 11.4 Å². The molecule has 0 aliphatic carbocycles. The van der Waals surface area contributed by atoms with E-state index in [0.29, 0.717) is 11.6 Å². The van der Waals surface area contributed by atoms with Crippen LogP contribution in [0.15, 0.2) is 53.7 Å². The third-order valence-electron chi connectivity index (χ3n) is 2.49. The third-order valence-corrected chi connectivity index (χ3v) is 2.86. The Balaban J connectivity index is 1.91. The van der Waals surface area contributed by atoms with Gasteiger partial charge in [0.2, 0.25) is 0 Å². The Hall–Kier alpha value is -2.00. The summed E-state index contributed by atoms with van der Waals surface area (Å²) in [7, 11) is 1.62. The fraction of sp³-hybridized carbons (Fsp3) is 0.133. The predicted octanol–water partition coefficient (Wildman–Crippen LogP) is 3.78. The average molecular weight is 275 g/mol. The molecule has 4 heteroatoms. The van der Waals surface area contributed by atoms with Gasteiger partial charge >= 0.3 is 0 Å². The van der Waals surface area contributed by atoms with Crippen LogP contribution in [0.1, 0.15) is 11.1 Å². The minimum atomic E-state index is 0.316. The van der Waals surface area contributed by atoms with Crippen molar-refractivity contribution in [3.8, 4) is 5.75 Å². The van der Waals surface area contributed by atoms with E-state index in [-0.39, 0.29) is 0 Å². The molecule has 0 unspecified atom stereocenters. The molecule has 0 spiro atoms. The molecule has 0 aliphatic heterocycles. The minimum Gasteiger partial charge on any atom is -0.497 e. The van der Waals surface area contributed by atoms with Crippen LogP contribution in [0.4, 0.5) is 0 Å². The molecule has 0 N–H and O–H groups in total. The zero-order valence-corrected chi connectivity index (χ0v) is 11.2. The van der Waals surface area contributed by atoms with Crippen molar-refractivity contribution in [1.29, 1.82) is 0 Å². The molecule has 97 valence electrons. The van der Waals surface area contributed by atoms with Gasteiger partial charge in [-0.1, -0.05) is 47.1 Å². The van der Waals surface area contributed by atoms with Crippen LogP contribution < -0.4 is 4.74 Å². The second-order valence-electron chi connectivity index (χ2n) is 3.80. The number of hydrogen-bond donors (Lipinski definition) is 0. The van der Waals surface area contributed by atoms with Crippen LogP contribution in [0.3, 0.4) is 0 Å². The van der Waals surface area contributed by atoms with E-state index < -0.39 is 0 Å². The molecule has 1 radical (unpaired) electrons. The lowest BCUT2D eigenvalue weighted by Crippen LogP contribution is -1.90. The van der Waals surface area contributed by atoms with Gasteiger partial charge < -0.3 is 9.57 Å². The number of rotatable bonds is 5. The lowest BCUT2D eigenvalue weighted by Gasteiger charge is -2.02. The molecule has 2 aromatic rings. The molecule has 0 fully saturated rings. The standard InChI is InChI=1S/C15H13ClNO2/c1-18-14-7-4-5-12(9-14)10-17-19-11-13-6-2-3-8-15(13)16/h2-9H,11H2,1H3. The summed E-state index contributed by atoms with van der Waals surface area (Å²) in [5, 5.41) is 4.46. The highest BCUT2D eigenvalue weighted by Crippen LogP contribution is 2.16. The largest absolute Gasteiger partial charge is 0.497 e. The van der Waals surface area contributed by atoms with Crippen molar-refractivity contribution in [3.05, 3.63) is 64.7 Å². The molecule has 0 atom stereocenters. The Kier molecular flexibility index (Phi) is 4.81. The molecule has 2 aromatic carbocycles. The van der Waals surface area contributed by atoms with Gasteiger partial charge in [-0.05, 0) is 18.2 Å². The van der Waals surface area contributed by atoms with E-state index in [0.717, 1.165) is 16.9 Å².